The third kappa shape index (κ3) is 3.26. The fourth-order valence-electron chi connectivity index (χ4n) is 2.76. The molecule has 0 bridgehead atoms. The number of nitrogens with two attached hydrogens (primary N) is 1. The maximum absolute atomic E-state index is 10.9. The third-order valence-electron chi connectivity index (χ3n) is 4.07. The first-order valence-electron chi connectivity index (χ1n) is 6.97. The fraction of sp³-hybridized carbons (Fsp3) is 0.571. The first-order valence-corrected chi connectivity index (χ1v) is 6.97. The zero-order chi connectivity index (χ0) is 14.7. The third-order valence-corrected chi connectivity index (χ3v) is 4.07. The Morgan fingerprint density at radius 3 is 2.85 bits per heavy atom. The van der Waals surface area contributed by atoms with Gasteiger partial charge in [0, 0.05) is 19.2 Å². The summed E-state index contributed by atoms with van der Waals surface area (Å²) in [6.45, 7) is 7.52. The Labute approximate surface area is 119 Å². The Bertz CT molecular complexity index is 490. The molecule has 1 atom stereocenters. The van der Waals surface area contributed by atoms with Crippen molar-refractivity contribution in [3.8, 4) is 0 Å². The number of nitrogens with zero attached hydrogens (tertiary/aromatic N) is 2. The van der Waals surface area contributed by atoms with Gasteiger partial charge in [-0.3, -0.25) is 20.9 Å². The Balaban J connectivity index is 2.05. The van der Waals surface area contributed by atoms with Crippen molar-refractivity contribution in [3.63, 3.8) is 0 Å². The van der Waals surface area contributed by atoms with Crippen LogP contribution in [0.25, 0.3) is 0 Å². The average molecular weight is 278 g/mol. The van der Waals surface area contributed by atoms with E-state index in [-0.39, 0.29) is 5.69 Å². The van der Waals surface area contributed by atoms with E-state index < -0.39 is 4.92 Å². The highest BCUT2D eigenvalue weighted by molar-refractivity contribution is 5.62. The predicted octanol–water partition coefficient (Wildman–Crippen LogP) is 2.36. The van der Waals surface area contributed by atoms with E-state index in [0.29, 0.717) is 11.6 Å². The highest BCUT2D eigenvalue weighted by Crippen LogP contribution is 2.28. The van der Waals surface area contributed by atoms with Crippen molar-refractivity contribution in [2.45, 2.75) is 26.8 Å². The summed E-state index contributed by atoms with van der Waals surface area (Å²) >= 11 is 0. The van der Waals surface area contributed by atoms with Gasteiger partial charge < -0.3 is 5.43 Å². The molecule has 1 aromatic carbocycles. The van der Waals surface area contributed by atoms with E-state index in [2.05, 4.69) is 24.2 Å². The van der Waals surface area contributed by atoms with Gasteiger partial charge in [0.2, 0.25) is 0 Å². The van der Waals surface area contributed by atoms with Crippen molar-refractivity contribution in [2.75, 3.05) is 18.5 Å². The molecule has 1 aromatic rings. The minimum atomic E-state index is -0.427. The molecule has 1 saturated heterocycles. The standard InChI is InChI=1S/C14H22N4O2/c1-10(2)12-5-6-17(9-12)8-11-3-4-14(18(19)20)13(7-11)16-15/h3-4,7,10,12,16H,5-6,8-9,15H2,1-2H3. The van der Waals surface area contributed by atoms with E-state index in [9.17, 15) is 10.1 Å². The molecular weight excluding hydrogens is 256 g/mol. The molecule has 2 rings (SSSR count). The molecule has 1 aliphatic heterocycles. The number of nitro benzene ring substituents is 1. The van der Waals surface area contributed by atoms with Gasteiger partial charge in [-0.25, -0.2) is 0 Å². The lowest BCUT2D eigenvalue weighted by molar-refractivity contribution is -0.384. The molecule has 1 fully saturated rings. The zero-order valence-electron chi connectivity index (χ0n) is 12.0. The molecule has 0 amide bonds. The molecule has 110 valence electrons. The predicted molar refractivity (Wildman–Crippen MR) is 79.1 cm³/mol. The lowest BCUT2D eigenvalue weighted by atomic mass is 9.95. The molecule has 0 aromatic heterocycles. The molecule has 0 spiro atoms. The number of rotatable bonds is 5. The van der Waals surface area contributed by atoms with Crippen LogP contribution in [0.15, 0.2) is 18.2 Å². The van der Waals surface area contributed by atoms with Crippen molar-refractivity contribution in [3.05, 3.63) is 33.9 Å². The average Bonchev–Trinajstić information content (AvgIpc) is 2.87. The molecule has 0 aliphatic carbocycles. The summed E-state index contributed by atoms with van der Waals surface area (Å²) in [7, 11) is 0. The smallest absolute Gasteiger partial charge is 0.293 e. The summed E-state index contributed by atoms with van der Waals surface area (Å²) in [6, 6.07) is 5.09. The highest BCUT2D eigenvalue weighted by atomic mass is 16.6. The van der Waals surface area contributed by atoms with Crippen molar-refractivity contribution < 1.29 is 4.92 Å². The summed E-state index contributed by atoms with van der Waals surface area (Å²) < 4.78 is 0. The van der Waals surface area contributed by atoms with E-state index in [1.54, 1.807) is 6.07 Å². The monoisotopic (exact) mass is 278 g/mol. The molecule has 3 N–H and O–H groups in total. The summed E-state index contributed by atoms with van der Waals surface area (Å²) in [5, 5.41) is 10.9. The van der Waals surface area contributed by atoms with Gasteiger partial charge in [-0.05, 0) is 36.4 Å². The first kappa shape index (κ1) is 14.7. The van der Waals surface area contributed by atoms with E-state index in [4.69, 9.17) is 5.84 Å². The second kappa shape index (κ2) is 6.19. The zero-order valence-corrected chi connectivity index (χ0v) is 12.0. The summed E-state index contributed by atoms with van der Waals surface area (Å²) in [5.41, 5.74) is 3.84. The molecule has 20 heavy (non-hydrogen) atoms. The number of nitrogens with one attached hydrogen (secondary N) is 1. The van der Waals surface area contributed by atoms with Crippen LogP contribution in [0.5, 0.6) is 0 Å². The number of hydrazine groups is 1. The molecule has 1 unspecified atom stereocenters. The van der Waals surface area contributed by atoms with Crippen molar-refractivity contribution in [1.29, 1.82) is 0 Å². The van der Waals surface area contributed by atoms with Gasteiger partial charge in [0.1, 0.15) is 5.69 Å². The van der Waals surface area contributed by atoms with Crippen molar-refractivity contribution in [1.82, 2.24) is 4.90 Å². The van der Waals surface area contributed by atoms with Crippen LogP contribution in [0.1, 0.15) is 25.8 Å². The Morgan fingerprint density at radius 2 is 2.30 bits per heavy atom. The normalized spacial score (nSPS) is 19.5. The van der Waals surface area contributed by atoms with Crippen LogP contribution in [0.4, 0.5) is 11.4 Å². The van der Waals surface area contributed by atoms with Crippen molar-refractivity contribution in [2.24, 2.45) is 17.7 Å². The van der Waals surface area contributed by atoms with E-state index in [0.717, 1.165) is 31.1 Å². The molecule has 1 heterocycles. The number of hydrogen-bond donors (Lipinski definition) is 2. The van der Waals surface area contributed by atoms with Gasteiger partial charge in [-0.15, -0.1) is 0 Å². The minimum Gasteiger partial charge on any atom is -0.318 e. The Kier molecular flexibility index (Phi) is 4.57. The Morgan fingerprint density at radius 1 is 1.55 bits per heavy atom. The minimum absolute atomic E-state index is 0.0118. The first-order chi connectivity index (χ1) is 9.51. The quantitative estimate of drug-likeness (QED) is 0.490. The second-order valence-corrected chi connectivity index (χ2v) is 5.78. The van der Waals surface area contributed by atoms with Crippen molar-refractivity contribution >= 4 is 11.4 Å². The number of nitrogen functional groups attached to an aromatic ring is 1. The number of nitro groups is 1. The van der Waals surface area contributed by atoms with E-state index >= 15 is 0 Å². The molecular formula is C14H22N4O2. The van der Waals surface area contributed by atoms with Crippen LogP contribution in [-0.4, -0.2) is 22.9 Å². The summed E-state index contributed by atoms with van der Waals surface area (Å²) in [6.07, 6.45) is 1.23. The number of likely N-dealkylation sites (tertiary alicyclic amines) is 1. The number of anilines is 1. The molecule has 1 aliphatic rings. The van der Waals surface area contributed by atoms with Crippen LogP contribution in [0.2, 0.25) is 0 Å². The van der Waals surface area contributed by atoms with Gasteiger partial charge >= 0.3 is 0 Å². The van der Waals surface area contributed by atoms with Gasteiger partial charge in [0.15, 0.2) is 0 Å². The molecule has 0 saturated carbocycles. The van der Waals surface area contributed by atoms with Gasteiger partial charge in [-0.1, -0.05) is 19.9 Å². The van der Waals surface area contributed by atoms with Crippen LogP contribution in [0, 0.1) is 22.0 Å². The molecule has 0 radical (unpaired) electrons. The van der Waals surface area contributed by atoms with E-state index in [1.807, 2.05) is 6.07 Å². The second-order valence-electron chi connectivity index (χ2n) is 5.78. The van der Waals surface area contributed by atoms with Crippen LogP contribution < -0.4 is 11.3 Å². The van der Waals surface area contributed by atoms with Gasteiger partial charge in [-0.2, -0.15) is 0 Å². The maximum atomic E-state index is 10.9. The molecule has 6 heteroatoms. The highest BCUT2D eigenvalue weighted by Gasteiger charge is 2.25. The largest absolute Gasteiger partial charge is 0.318 e. The van der Waals surface area contributed by atoms with Crippen LogP contribution in [-0.2, 0) is 6.54 Å². The Hall–Kier alpha value is -1.66. The van der Waals surface area contributed by atoms with Gasteiger partial charge in [0.05, 0.1) is 4.92 Å². The van der Waals surface area contributed by atoms with Gasteiger partial charge in [0.25, 0.3) is 5.69 Å². The maximum Gasteiger partial charge on any atom is 0.293 e. The lowest BCUT2D eigenvalue weighted by Crippen LogP contribution is -2.21. The number of benzene rings is 1. The summed E-state index contributed by atoms with van der Waals surface area (Å²) in [4.78, 5) is 12.8. The summed E-state index contributed by atoms with van der Waals surface area (Å²) in [5.74, 6) is 6.82. The molecule has 6 nitrogen and oxygen atoms in total. The lowest BCUT2D eigenvalue weighted by Gasteiger charge is -2.18. The van der Waals surface area contributed by atoms with Crippen LogP contribution in [0.3, 0.4) is 0 Å². The SMILES string of the molecule is CC(C)C1CCN(Cc2ccc([N+](=O)[O-])c(NN)c2)C1. The fourth-order valence-corrected chi connectivity index (χ4v) is 2.76. The van der Waals surface area contributed by atoms with E-state index in [1.165, 1.54) is 12.5 Å². The topological polar surface area (TPSA) is 84.4 Å². The van der Waals surface area contributed by atoms with Crippen LogP contribution >= 0.6 is 0 Å². The number of hydrogen-bond acceptors (Lipinski definition) is 5.